The Balaban J connectivity index is 2.09. The van der Waals surface area contributed by atoms with Gasteiger partial charge in [-0.15, -0.1) is 0 Å². The van der Waals surface area contributed by atoms with Crippen molar-refractivity contribution >= 4 is 11.7 Å². The highest BCUT2D eigenvalue weighted by molar-refractivity contribution is 5.90. The molecule has 0 radical (unpaired) electrons. The number of aliphatic hydroxyl groups excluding tert-OH is 1. The number of aliphatic hydroxyl groups is 1. The molecule has 1 atom stereocenters. The molecular weight excluding hydrogens is 292 g/mol. The molecule has 0 aliphatic heterocycles. The molecule has 0 saturated carbocycles. The summed E-state index contributed by atoms with van der Waals surface area (Å²) in [7, 11) is 0. The van der Waals surface area contributed by atoms with E-state index in [9.17, 15) is 9.90 Å². The second kappa shape index (κ2) is 7.78. The van der Waals surface area contributed by atoms with Crippen LogP contribution in [0.5, 0.6) is 0 Å². The van der Waals surface area contributed by atoms with Gasteiger partial charge in [0.1, 0.15) is 0 Å². The first-order chi connectivity index (χ1) is 11.1. The van der Waals surface area contributed by atoms with Gasteiger partial charge < -0.3 is 15.7 Å². The molecule has 0 unspecified atom stereocenters. The minimum atomic E-state index is -0.297. The quantitative estimate of drug-likeness (QED) is 0.766. The molecule has 2 amide bonds. The van der Waals surface area contributed by atoms with Crippen molar-refractivity contribution in [1.29, 1.82) is 0 Å². The van der Waals surface area contributed by atoms with E-state index in [4.69, 9.17) is 0 Å². The largest absolute Gasteiger partial charge is 0.396 e. The lowest BCUT2D eigenvalue weighted by Crippen LogP contribution is -2.33. The van der Waals surface area contributed by atoms with E-state index in [1.807, 2.05) is 55.8 Å². The number of aromatic nitrogens is 2. The maximum Gasteiger partial charge on any atom is 0.319 e. The van der Waals surface area contributed by atoms with Crippen molar-refractivity contribution in [3.05, 3.63) is 47.3 Å². The standard InChI is InChI=1S/C17H24N4O2/c1-4-21-13(3)16(12(2)20-21)19-17(23)18-15(10-11-22)14-8-6-5-7-9-14/h5-9,15,22H,4,10-11H2,1-3H3,(H2,18,19,23)/t15-/m1/s1. The fourth-order valence-corrected chi connectivity index (χ4v) is 2.63. The van der Waals surface area contributed by atoms with Crippen LogP contribution < -0.4 is 10.6 Å². The number of rotatable bonds is 6. The maximum atomic E-state index is 12.3. The van der Waals surface area contributed by atoms with Crippen LogP contribution in [-0.2, 0) is 6.54 Å². The van der Waals surface area contributed by atoms with Gasteiger partial charge in [0.25, 0.3) is 0 Å². The molecule has 6 heteroatoms. The van der Waals surface area contributed by atoms with E-state index in [0.717, 1.165) is 29.2 Å². The Morgan fingerprint density at radius 3 is 2.57 bits per heavy atom. The fraction of sp³-hybridized carbons (Fsp3) is 0.412. The van der Waals surface area contributed by atoms with Crippen LogP contribution in [0, 0.1) is 13.8 Å². The Kier molecular flexibility index (Phi) is 5.76. The molecule has 1 heterocycles. The molecule has 0 spiro atoms. The van der Waals surface area contributed by atoms with Crippen LogP contribution in [0.4, 0.5) is 10.5 Å². The van der Waals surface area contributed by atoms with Crippen LogP contribution in [-0.4, -0.2) is 27.5 Å². The molecule has 124 valence electrons. The third kappa shape index (κ3) is 4.10. The number of anilines is 1. The normalized spacial score (nSPS) is 12.0. The van der Waals surface area contributed by atoms with Gasteiger partial charge in [0.05, 0.1) is 23.1 Å². The van der Waals surface area contributed by atoms with Crippen molar-refractivity contribution in [3.8, 4) is 0 Å². The van der Waals surface area contributed by atoms with Crippen LogP contribution in [0.3, 0.4) is 0 Å². The predicted octanol–water partition coefficient (Wildman–Crippen LogP) is 2.77. The third-order valence-corrected chi connectivity index (χ3v) is 3.84. The van der Waals surface area contributed by atoms with E-state index in [2.05, 4.69) is 15.7 Å². The summed E-state index contributed by atoms with van der Waals surface area (Å²) in [6.45, 7) is 6.58. The molecule has 0 aliphatic rings. The van der Waals surface area contributed by atoms with Crippen LogP contribution in [0.15, 0.2) is 30.3 Å². The summed E-state index contributed by atoms with van der Waals surface area (Å²) >= 11 is 0. The predicted molar refractivity (Wildman–Crippen MR) is 90.4 cm³/mol. The molecule has 1 aromatic heterocycles. The molecular formula is C17H24N4O2. The number of carbonyl (C=O) groups is 1. The molecule has 1 aromatic carbocycles. The van der Waals surface area contributed by atoms with Gasteiger partial charge in [-0.05, 0) is 32.8 Å². The van der Waals surface area contributed by atoms with Crippen molar-refractivity contribution in [1.82, 2.24) is 15.1 Å². The molecule has 0 fully saturated rings. The van der Waals surface area contributed by atoms with Gasteiger partial charge in [0, 0.05) is 13.2 Å². The van der Waals surface area contributed by atoms with Gasteiger partial charge in [0.2, 0.25) is 0 Å². The highest BCUT2D eigenvalue weighted by Crippen LogP contribution is 2.20. The van der Waals surface area contributed by atoms with E-state index >= 15 is 0 Å². The molecule has 6 nitrogen and oxygen atoms in total. The number of carbonyl (C=O) groups excluding carboxylic acids is 1. The second-order valence-corrected chi connectivity index (χ2v) is 5.44. The minimum Gasteiger partial charge on any atom is -0.396 e. The second-order valence-electron chi connectivity index (χ2n) is 5.44. The van der Waals surface area contributed by atoms with Gasteiger partial charge in [0.15, 0.2) is 0 Å². The van der Waals surface area contributed by atoms with Crippen LogP contribution in [0.25, 0.3) is 0 Å². The van der Waals surface area contributed by atoms with Crippen molar-refractivity contribution in [2.75, 3.05) is 11.9 Å². The first-order valence-electron chi connectivity index (χ1n) is 7.84. The molecule has 2 aromatic rings. The number of amides is 2. The van der Waals surface area contributed by atoms with Crippen LogP contribution in [0.2, 0.25) is 0 Å². The molecule has 0 saturated heterocycles. The average Bonchev–Trinajstić information content (AvgIpc) is 2.82. The summed E-state index contributed by atoms with van der Waals surface area (Å²) < 4.78 is 1.85. The summed E-state index contributed by atoms with van der Waals surface area (Å²) in [6, 6.07) is 9.10. The number of nitrogens with one attached hydrogen (secondary N) is 2. The molecule has 2 rings (SSSR count). The van der Waals surface area contributed by atoms with Gasteiger partial charge in [-0.1, -0.05) is 30.3 Å². The average molecular weight is 316 g/mol. The Morgan fingerprint density at radius 1 is 1.30 bits per heavy atom. The highest BCUT2D eigenvalue weighted by Gasteiger charge is 2.17. The summed E-state index contributed by atoms with van der Waals surface area (Å²) in [5.41, 5.74) is 3.42. The summed E-state index contributed by atoms with van der Waals surface area (Å²) in [6.07, 6.45) is 0.462. The maximum absolute atomic E-state index is 12.3. The van der Waals surface area contributed by atoms with Crippen molar-refractivity contribution in [2.24, 2.45) is 0 Å². The number of aryl methyl sites for hydroxylation is 2. The zero-order chi connectivity index (χ0) is 16.8. The van der Waals surface area contributed by atoms with Gasteiger partial charge >= 0.3 is 6.03 Å². The summed E-state index contributed by atoms with van der Waals surface area (Å²) in [5, 5.41) is 19.4. The van der Waals surface area contributed by atoms with E-state index in [-0.39, 0.29) is 18.7 Å². The van der Waals surface area contributed by atoms with Gasteiger partial charge in [-0.2, -0.15) is 5.10 Å². The summed E-state index contributed by atoms with van der Waals surface area (Å²) in [4.78, 5) is 12.3. The molecule has 0 aliphatic carbocycles. The Morgan fingerprint density at radius 2 is 2.00 bits per heavy atom. The zero-order valence-electron chi connectivity index (χ0n) is 13.8. The summed E-state index contributed by atoms with van der Waals surface area (Å²) in [5.74, 6) is 0. The number of benzene rings is 1. The fourth-order valence-electron chi connectivity index (χ4n) is 2.63. The smallest absolute Gasteiger partial charge is 0.319 e. The first-order valence-corrected chi connectivity index (χ1v) is 7.84. The van der Waals surface area contributed by atoms with E-state index in [1.165, 1.54) is 0 Å². The monoisotopic (exact) mass is 316 g/mol. The number of nitrogens with zero attached hydrogens (tertiary/aromatic N) is 2. The van der Waals surface area contributed by atoms with Gasteiger partial charge in [-0.3, -0.25) is 4.68 Å². The molecule has 23 heavy (non-hydrogen) atoms. The SMILES string of the molecule is CCn1nc(C)c(NC(=O)N[C@H](CCO)c2ccccc2)c1C. The number of hydrogen-bond acceptors (Lipinski definition) is 3. The van der Waals surface area contributed by atoms with E-state index in [0.29, 0.717) is 6.42 Å². The topological polar surface area (TPSA) is 79.2 Å². The Labute approximate surface area is 136 Å². The van der Waals surface area contributed by atoms with Gasteiger partial charge in [-0.25, -0.2) is 4.79 Å². The van der Waals surface area contributed by atoms with E-state index in [1.54, 1.807) is 0 Å². The van der Waals surface area contributed by atoms with E-state index < -0.39 is 0 Å². The number of urea groups is 1. The third-order valence-electron chi connectivity index (χ3n) is 3.84. The van der Waals surface area contributed by atoms with Crippen molar-refractivity contribution < 1.29 is 9.90 Å². The minimum absolute atomic E-state index is 0.00562. The number of hydrogen-bond donors (Lipinski definition) is 3. The first kappa shape index (κ1) is 17.0. The van der Waals surface area contributed by atoms with Crippen LogP contribution in [0.1, 0.15) is 36.3 Å². The highest BCUT2D eigenvalue weighted by atomic mass is 16.3. The Bertz CT molecular complexity index is 652. The lowest BCUT2D eigenvalue weighted by atomic mass is 10.0. The van der Waals surface area contributed by atoms with Crippen molar-refractivity contribution in [2.45, 2.75) is 39.8 Å². The lowest BCUT2D eigenvalue weighted by Gasteiger charge is -2.19. The lowest BCUT2D eigenvalue weighted by molar-refractivity contribution is 0.239. The van der Waals surface area contributed by atoms with Crippen molar-refractivity contribution in [3.63, 3.8) is 0 Å². The molecule has 0 bridgehead atoms. The Hall–Kier alpha value is -2.34. The molecule has 3 N–H and O–H groups in total. The zero-order valence-corrected chi connectivity index (χ0v) is 13.8. The van der Waals surface area contributed by atoms with Crippen LogP contribution >= 0.6 is 0 Å².